The molecule has 1 nitrogen and oxygen atoms in total. The number of hydrogen-bond donors (Lipinski definition) is 1. The summed E-state index contributed by atoms with van der Waals surface area (Å²) in [5.41, 5.74) is 5.34. The summed E-state index contributed by atoms with van der Waals surface area (Å²) in [4.78, 5) is 0. The molecule has 0 bridgehead atoms. The van der Waals surface area contributed by atoms with Crippen LogP contribution in [0.15, 0.2) is 40.9 Å². The van der Waals surface area contributed by atoms with Crippen LogP contribution in [-0.2, 0) is 0 Å². The Hall–Kier alpha value is -1.07. The molecule has 0 aromatic heterocycles. The quantitative estimate of drug-likeness (QED) is 0.841. The number of rotatable bonds is 1. The van der Waals surface area contributed by atoms with Crippen molar-refractivity contribution in [1.29, 1.82) is 0 Å². The molecule has 0 amide bonds. The largest absolute Gasteiger partial charge is 0.407 e. The lowest BCUT2D eigenvalue weighted by atomic mass is 9.99. The van der Waals surface area contributed by atoms with E-state index in [1.54, 1.807) is 30.3 Å². The lowest BCUT2D eigenvalue weighted by molar-refractivity contribution is -0.148. The molecule has 5 heteroatoms. The number of benzene rings is 2. The molecule has 0 aliphatic heterocycles. The van der Waals surface area contributed by atoms with Gasteiger partial charge < -0.3 is 5.73 Å². The second kappa shape index (κ2) is 4.31. The average molecular weight is 304 g/mol. The maximum atomic E-state index is 12.6. The fraction of sp³-hybridized carbons (Fsp3) is 0.167. The minimum absolute atomic E-state index is 0.0938. The zero-order chi connectivity index (χ0) is 12.6. The first-order chi connectivity index (χ1) is 7.91. The van der Waals surface area contributed by atoms with E-state index in [1.165, 1.54) is 6.07 Å². The molecule has 2 aromatic carbocycles. The lowest BCUT2D eigenvalue weighted by Crippen LogP contribution is -2.28. The Morgan fingerprint density at radius 1 is 1.00 bits per heavy atom. The van der Waals surface area contributed by atoms with Gasteiger partial charge >= 0.3 is 6.18 Å². The van der Waals surface area contributed by atoms with Crippen LogP contribution in [0.3, 0.4) is 0 Å². The van der Waals surface area contributed by atoms with Gasteiger partial charge in [-0.1, -0.05) is 46.3 Å². The molecular weight excluding hydrogens is 295 g/mol. The van der Waals surface area contributed by atoms with Gasteiger partial charge in [-0.05, 0) is 22.4 Å². The van der Waals surface area contributed by atoms with E-state index >= 15 is 0 Å². The Kier molecular flexibility index (Phi) is 3.14. The molecule has 1 atom stereocenters. The predicted molar refractivity (Wildman–Crippen MR) is 64.6 cm³/mol. The van der Waals surface area contributed by atoms with E-state index in [9.17, 15) is 13.2 Å². The number of fused-ring (bicyclic) bond motifs is 1. The molecule has 0 fully saturated rings. The first-order valence-corrected chi connectivity index (χ1v) is 5.70. The van der Waals surface area contributed by atoms with Crippen LogP contribution in [0.1, 0.15) is 11.6 Å². The van der Waals surface area contributed by atoms with Gasteiger partial charge in [-0.25, -0.2) is 0 Å². The molecule has 2 aromatic rings. The summed E-state index contributed by atoms with van der Waals surface area (Å²) in [6, 6.07) is 7.90. The molecule has 2 N–H and O–H groups in total. The van der Waals surface area contributed by atoms with E-state index < -0.39 is 12.2 Å². The molecule has 0 saturated heterocycles. The van der Waals surface area contributed by atoms with Crippen LogP contribution in [0.2, 0.25) is 0 Å². The number of hydrogen-bond acceptors (Lipinski definition) is 1. The van der Waals surface area contributed by atoms with E-state index in [0.29, 0.717) is 5.39 Å². The molecule has 0 aliphatic carbocycles. The third kappa shape index (κ3) is 2.30. The van der Waals surface area contributed by atoms with Crippen LogP contribution in [0.4, 0.5) is 13.2 Å². The van der Waals surface area contributed by atoms with Gasteiger partial charge in [0.25, 0.3) is 0 Å². The van der Waals surface area contributed by atoms with Crippen molar-refractivity contribution in [1.82, 2.24) is 0 Å². The van der Waals surface area contributed by atoms with Crippen LogP contribution >= 0.6 is 15.9 Å². The van der Waals surface area contributed by atoms with Crippen molar-refractivity contribution in [2.24, 2.45) is 5.73 Å². The van der Waals surface area contributed by atoms with Gasteiger partial charge in [0.05, 0.1) is 0 Å². The first-order valence-electron chi connectivity index (χ1n) is 4.90. The van der Waals surface area contributed by atoms with Crippen molar-refractivity contribution in [2.75, 3.05) is 0 Å². The van der Waals surface area contributed by atoms with Crippen LogP contribution in [0.5, 0.6) is 0 Å². The minimum Gasteiger partial charge on any atom is -0.316 e. The fourth-order valence-electron chi connectivity index (χ4n) is 1.73. The number of alkyl halides is 3. The van der Waals surface area contributed by atoms with Gasteiger partial charge in [0.2, 0.25) is 0 Å². The van der Waals surface area contributed by atoms with Crippen LogP contribution in [0, 0.1) is 0 Å². The topological polar surface area (TPSA) is 26.0 Å². The molecule has 0 heterocycles. The maximum absolute atomic E-state index is 12.6. The predicted octanol–water partition coefficient (Wildman–Crippen LogP) is 4.16. The highest BCUT2D eigenvalue weighted by molar-refractivity contribution is 9.10. The first kappa shape index (κ1) is 12.4. The van der Waals surface area contributed by atoms with E-state index in [4.69, 9.17) is 5.73 Å². The van der Waals surface area contributed by atoms with Crippen molar-refractivity contribution in [3.05, 3.63) is 46.4 Å². The van der Waals surface area contributed by atoms with Crippen molar-refractivity contribution in [3.63, 3.8) is 0 Å². The summed E-state index contributed by atoms with van der Waals surface area (Å²) in [6.45, 7) is 0. The van der Waals surface area contributed by atoms with E-state index in [1.807, 2.05) is 0 Å². The standard InChI is InChI=1S/C12H9BrF3N/c13-10-6-5-9(11(17)12(14,15)16)7-3-1-2-4-8(7)10/h1-6,11H,17H2. The Morgan fingerprint density at radius 2 is 1.59 bits per heavy atom. The van der Waals surface area contributed by atoms with E-state index in [0.717, 1.165) is 9.86 Å². The molecule has 17 heavy (non-hydrogen) atoms. The zero-order valence-corrected chi connectivity index (χ0v) is 10.2. The molecule has 0 radical (unpaired) electrons. The van der Waals surface area contributed by atoms with Gasteiger partial charge in [-0.15, -0.1) is 0 Å². The monoisotopic (exact) mass is 303 g/mol. The second-order valence-corrected chi connectivity index (χ2v) is 4.56. The van der Waals surface area contributed by atoms with Gasteiger partial charge in [-0.3, -0.25) is 0 Å². The minimum atomic E-state index is -4.43. The number of nitrogens with two attached hydrogens (primary N) is 1. The van der Waals surface area contributed by atoms with Gasteiger partial charge in [0, 0.05) is 4.47 Å². The van der Waals surface area contributed by atoms with Crippen molar-refractivity contribution in [2.45, 2.75) is 12.2 Å². The maximum Gasteiger partial charge on any atom is 0.407 e. The summed E-state index contributed by atoms with van der Waals surface area (Å²) in [6.07, 6.45) is -4.43. The smallest absolute Gasteiger partial charge is 0.316 e. The van der Waals surface area contributed by atoms with Crippen molar-refractivity contribution >= 4 is 26.7 Å². The Morgan fingerprint density at radius 3 is 2.18 bits per heavy atom. The Bertz CT molecular complexity index is 551. The molecule has 0 spiro atoms. The molecule has 2 rings (SSSR count). The van der Waals surface area contributed by atoms with Crippen molar-refractivity contribution < 1.29 is 13.2 Å². The summed E-state index contributed by atoms with van der Waals surface area (Å²) >= 11 is 3.31. The molecule has 1 unspecified atom stereocenters. The summed E-state index contributed by atoms with van der Waals surface area (Å²) in [5, 5.41) is 1.25. The normalized spacial score (nSPS) is 13.9. The third-order valence-corrected chi connectivity index (χ3v) is 3.28. The molecule has 0 aliphatic rings. The highest BCUT2D eigenvalue weighted by Crippen LogP contribution is 2.36. The molecule has 90 valence electrons. The number of halogens is 4. The molecular formula is C12H9BrF3N. The highest BCUT2D eigenvalue weighted by atomic mass is 79.9. The fourth-order valence-corrected chi connectivity index (χ4v) is 2.21. The summed E-state index contributed by atoms with van der Waals surface area (Å²) in [7, 11) is 0. The van der Waals surface area contributed by atoms with Crippen molar-refractivity contribution in [3.8, 4) is 0 Å². The second-order valence-electron chi connectivity index (χ2n) is 3.70. The molecule has 0 saturated carbocycles. The zero-order valence-electron chi connectivity index (χ0n) is 8.63. The summed E-state index contributed by atoms with van der Waals surface area (Å²) in [5.74, 6) is 0. The van der Waals surface area contributed by atoms with Crippen LogP contribution in [0.25, 0.3) is 10.8 Å². The summed E-state index contributed by atoms with van der Waals surface area (Å²) < 4.78 is 38.6. The Balaban J connectivity index is 2.67. The highest BCUT2D eigenvalue weighted by Gasteiger charge is 2.38. The third-order valence-electron chi connectivity index (χ3n) is 2.59. The SMILES string of the molecule is NC(c1ccc(Br)c2ccccc12)C(F)(F)F. The van der Waals surface area contributed by atoms with Crippen LogP contribution in [-0.4, -0.2) is 6.18 Å². The van der Waals surface area contributed by atoms with E-state index in [2.05, 4.69) is 15.9 Å². The lowest BCUT2D eigenvalue weighted by Gasteiger charge is -2.18. The van der Waals surface area contributed by atoms with Gasteiger partial charge in [0.15, 0.2) is 0 Å². The van der Waals surface area contributed by atoms with Gasteiger partial charge in [0.1, 0.15) is 6.04 Å². The van der Waals surface area contributed by atoms with Gasteiger partial charge in [-0.2, -0.15) is 13.2 Å². The van der Waals surface area contributed by atoms with E-state index in [-0.39, 0.29) is 5.56 Å². The van der Waals surface area contributed by atoms with Crippen LogP contribution < -0.4 is 5.73 Å². The Labute approximate surface area is 105 Å². The average Bonchev–Trinajstić information content (AvgIpc) is 2.28.